The van der Waals surface area contributed by atoms with Crippen LogP contribution in [0.3, 0.4) is 0 Å². The van der Waals surface area contributed by atoms with Gasteiger partial charge in [0.05, 0.1) is 12.3 Å². The Kier molecular flexibility index (Phi) is 5.25. The molecule has 29 heavy (non-hydrogen) atoms. The molecule has 0 unspecified atom stereocenters. The number of furan rings is 1. The van der Waals surface area contributed by atoms with Crippen LogP contribution in [0.4, 0.5) is 0 Å². The fourth-order valence-electron chi connectivity index (χ4n) is 4.01. The van der Waals surface area contributed by atoms with Gasteiger partial charge in [-0.2, -0.15) is 0 Å². The average Bonchev–Trinajstić information content (AvgIpc) is 3.43. The first-order valence-corrected chi connectivity index (χ1v) is 9.93. The molecule has 0 N–H and O–H groups in total. The first kappa shape index (κ1) is 19.1. The van der Waals surface area contributed by atoms with Crippen LogP contribution >= 0.6 is 0 Å². The van der Waals surface area contributed by atoms with E-state index in [0.717, 1.165) is 23.4 Å². The minimum absolute atomic E-state index is 0.0269. The van der Waals surface area contributed by atoms with Crippen molar-refractivity contribution >= 4 is 11.8 Å². The third kappa shape index (κ3) is 3.58. The number of amides is 2. The van der Waals surface area contributed by atoms with Gasteiger partial charge in [-0.25, -0.2) is 0 Å². The van der Waals surface area contributed by atoms with E-state index in [0.29, 0.717) is 13.1 Å². The van der Waals surface area contributed by atoms with Gasteiger partial charge in [-0.05, 0) is 49.2 Å². The van der Waals surface area contributed by atoms with Crippen molar-refractivity contribution in [1.82, 2.24) is 14.4 Å². The molecule has 4 rings (SSSR count). The third-order valence-electron chi connectivity index (χ3n) is 5.57. The summed E-state index contributed by atoms with van der Waals surface area (Å²) in [7, 11) is 0. The van der Waals surface area contributed by atoms with Crippen LogP contribution in [0.25, 0.3) is 0 Å². The molecule has 1 aliphatic rings. The Morgan fingerprint density at radius 2 is 1.93 bits per heavy atom. The van der Waals surface area contributed by atoms with E-state index in [9.17, 15) is 9.59 Å². The molecule has 1 aliphatic heterocycles. The Bertz CT molecular complexity index is 1010. The standard InChI is InChI=1S/C23H25N3O3/c1-3-24(23(28)20-11-7-15-29-20)16-21(27)26-14-13-25-12-6-10-19(25)22(26)18-9-5-4-8-17(18)2/h4-12,15,22H,3,13-14,16H2,1-2H3/t22-/m0/s1. The van der Waals surface area contributed by atoms with Crippen molar-refractivity contribution < 1.29 is 14.0 Å². The maximum absolute atomic E-state index is 13.4. The largest absolute Gasteiger partial charge is 0.459 e. The molecule has 0 aliphatic carbocycles. The second kappa shape index (κ2) is 7.99. The van der Waals surface area contributed by atoms with Gasteiger partial charge in [0.25, 0.3) is 5.91 Å². The molecule has 1 aromatic carbocycles. The lowest BCUT2D eigenvalue weighted by atomic mass is 9.95. The molecule has 0 bridgehead atoms. The molecule has 6 heteroatoms. The number of aryl methyl sites for hydroxylation is 1. The van der Waals surface area contributed by atoms with E-state index in [1.807, 2.05) is 30.0 Å². The van der Waals surface area contributed by atoms with E-state index < -0.39 is 0 Å². The lowest BCUT2D eigenvalue weighted by Crippen LogP contribution is -2.48. The predicted octanol–water partition coefficient (Wildman–Crippen LogP) is 3.48. The zero-order chi connectivity index (χ0) is 20.4. The Labute approximate surface area is 170 Å². The Morgan fingerprint density at radius 1 is 1.10 bits per heavy atom. The molecule has 0 fully saturated rings. The minimum Gasteiger partial charge on any atom is -0.459 e. The van der Waals surface area contributed by atoms with E-state index >= 15 is 0 Å². The molecule has 0 radical (unpaired) electrons. The first-order valence-electron chi connectivity index (χ1n) is 9.93. The van der Waals surface area contributed by atoms with E-state index in [4.69, 9.17) is 4.42 Å². The Morgan fingerprint density at radius 3 is 2.66 bits per heavy atom. The molecule has 2 aromatic heterocycles. The molecule has 0 spiro atoms. The van der Waals surface area contributed by atoms with Crippen LogP contribution in [0.5, 0.6) is 0 Å². The summed E-state index contributed by atoms with van der Waals surface area (Å²) in [4.78, 5) is 29.5. The van der Waals surface area contributed by atoms with Crippen LogP contribution in [-0.2, 0) is 11.3 Å². The SMILES string of the molecule is CCN(CC(=O)N1CCn2cccc2[C@@H]1c1ccccc1C)C(=O)c1ccco1. The van der Waals surface area contributed by atoms with Crippen LogP contribution in [0.15, 0.2) is 65.4 Å². The first-order chi connectivity index (χ1) is 14.1. The maximum atomic E-state index is 13.4. The number of hydrogen-bond acceptors (Lipinski definition) is 3. The molecule has 2 amide bonds. The fraction of sp³-hybridized carbons (Fsp3) is 0.304. The second-order valence-corrected chi connectivity index (χ2v) is 7.27. The van der Waals surface area contributed by atoms with E-state index in [1.165, 1.54) is 11.2 Å². The zero-order valence-corrected chi connectivity index (χ0v) is 16.7. The molecule has 0 saturated heterocycles. The molecule has 6 nitrogen and oxygen atoms in total. The van der Waals surface area contributed by atoms with Crippen LogP contribution in [-0.4, -0.2) is 45.8 Å². The molecule has 0 saturated carbocycles. The molecular formula is C23H25N3O3. The summed E-state index contributed by atoms with van der Waals surface area (Å²) in [5, 5.41) is 0. The normalized spacial score (nSPS) is 15.8. The Balaban J connectivity index is 1.63. The minimum atomic E-state index is -0.265. The van der Waals surface area contributed by atoms with E-state index in [2.05, 4.69) is 35.9 Å². The summed E-state index contributed by atoms with van der Waals surface area (Å²) < 4.78 is 7.43. The summed E-state index contributed by atoms with van der Waals surface area (Å²) in [6, 6.07) is 15.4. The van der Waals surface area contributed by atoms with Gasteiger partial charge < -0.3 is 18.8 Å². The van der Waals surface area contributed by atoms with Crippen molar-refractivity contribution in [2.24, 2.45) is 0 Å². The van der Waals surface area contributed by atoms with Gasteiger partial charge in [0.15, 0.2) is 5.76 Å². The Hall–Kier alpha value is -3.28. The second-order valence-electron chi connectivity index (χ2n) is 7.27. The highest BCUT2D eigenvalue weighted by atomic mass is 16.3. The molecule has 3 aromatic rings. The number of carbonyl (C=O) groups excluding carboxylic acids is 2. The number of hydrogen-bond donors (Lipinski definition) is 0. The number of likely N-dealkylation sites (N-methyl/N-ethyl adjacent to an activating group) is 1. The van der Waals surface area contributed by atoms with Crippen molar-refractivity contribution in [2.45, 2.75) is 26.4 Å². The van der Waals surface area contributed by atoms with E-state index in [1.54, 1.807) is 12.1 Å². The van der Waals surface area contributed by atoms with Crippen LogP contribution in [0.2, 0.25) is 0 Å². The molecule has 150 valence electrons. The molecular weight excluding hydrogens is 366 g/mol. The molecule has 1 atom stereocenters. The number of fused-ring (bicyclic) bond motifs is 1. The maximum Gasteiger partial charge on any atom is 0.290 e. The summed E-state index contributed by atoms with van der Waals surface area (Å²) >= 11 is 0. The average molecular weight is 391 g/mol. The van der Waals surface area contributed by atoms with E-state index in [-0.39, 0.29) is 30.2 Å². The van der Waals surface area contributed by atoms with Crippen molar-refractivity contribution in [3.63, 3.8) is 0 Å². The van der Waals surface area contributed by atoms with Crippen molar-refractivity contribution in [3.05, 3.63) is 83.6 Å². The summed E-state index contributed by atoms with van der Waals surface area (Å²) in [6.45, 7) is 5.75. The summed E-state index contributed by atoms with van der Waals surface area (Å²) in [5.41, 5.74) is 3.35. The lowest BCUT2D eigenvalue weighted by molar-refractivity contribution is -0.134. The zero-order valence-electron chi connectivity index (χ0n) is 16.7. The topological polar surface area (TPSA) is 58.7 Å². The third-order valence-corrected chi connectivity index (χ3v) is 5.57. The monoisotopic (exact) mass is 391 g/mol. The number of rotatable bonds is 5. The highest BCUT2D eigenvalue weighted by molar-refractivity contribution is 5.94. The summed E-state index contributed by atoms with van der Waals surface area (Å²) in [6.07, 6.45) is 3.52. The van der Waals surface area contributed by atoms with Crippen molar-refractivity contribution in [3.8, 4) is 0 Å². The van der Waals surface area contributed by atoms with Gasteiger partial charge in [0, 0.05) is 31.5 Å². The predicted molar refractivity (Wildman–Crippen MR) is 109 cm³/mol. The van der Waals surface area contributed by atoms with Crippen LogP contribution < -0.4 is 0 Å². The van der Waals surface area contributed by atoms with Crippen LogP contribution in [0.1, 0.15) is 40.3 Å². The number of nitrogens with zero attached hydrogens (tertiary/aromatic N) is 3. The quantitative estimate of drug-likeness (QED) is 0.669. The molecule has 3 heterocycles. The highest BCUT2D eigenvalue weighted by Crippen LogP contribution is 2.34. The number of benzene rings is 1. The number of carbonyl (C=O) groups is 2. The van der Waals surface area contributed by atoms with Gasteiger partial charge in [-0.15, -0.1) is 0 Å². The summed E-state index contributed by atoms with van der Waals surface area (Å²) in [5.74, 6) is -0.0752. The highest BCUT2D eigenvalue weighted by Gasteiger charge is 2.34. The van der Waals surface area contributed by atoms with Gasteiger partial charge in [0.1, 0.15) is 6.54 Å². The smallest absolute Gasteiger partial charge is 0.290 e. The van der Waals surface area contributed by atoms with Gasteiger partial charge in [0.2, 0.25) is 5.91 Å². The van der Waals surface area contributed by atoms with Crippen LogP contribution in [0, 0.1) is 6.92 Å². The van der Waals surface area contributed by atoms with Crippen molar-refractivity contribution in [2.75, 3.05) is 19.6 Å². The number of aromatic nitrogens is 1. The fourth-order valence-corrected chi connectivity index (χ4v) is 4.01. The van der Waals surface area contributed by atoms with Crippen molar-refractivity contribution in [1.29, 1.82) is 0 Å². The van der Waals surface area contributed by atoms with Gasteiger partial charge in [-0.1, -0.05) is 24.3 Å². The van der Waals surface area contributed by atoms with Gasteiger partial charge in [-0.3, -0.25) is 9.59 Å². The van der Waals surface area contributed by atoms with Gasteiger partial charge >= 0.3 is 0 Å². The lowest BCUT2D eigenvalue weighted by Gasteiger charge is -2.39.